The largest absolute Gasteiger partial charge is 0.336 e. The van der Waals surface area contributed by atoms with E-state index < -0.39 is 0 Å². The summed E-state index contributed by atoms with van der Waals surface area (Å²) in [6.07, 6.45) is 10.6. The molecule has 0 aliphatic carbocycles. The van der Waals surface area contributed by atoms with Gasteiger partial charge in [0.25, 0.3) is 0 Å². The molecular weight excluding hydrogens is 232 g/mol. The smallest absolute Gasteiger partial charge is 0.171 e. The van der Waals surface area contributed by atoms with Gasteiger partial charge in [0.1, 0.15) is 0 Å². The molecule has 0 spiro atoms. The number of aromatic nitrogens is 7. The molecule has 0 radical (unpaired) electrons. The number of nitrogens with zero attached hydrogens (tertiary/aromatic N) is 7. The Balaban J connectivity index is 1.79. The molecule has 18 heavy (non-hydrogen) atoms. The maximum Gasteiger partial charge on any atom is 0.171 e. The lowest BCUT2D eigenvalue weighted by Crippen LogP contribution is -2.19. The SMILES string of the molecule is Nn1c(Cn2ccnc2)nnc1Cn1ccnc1. The van der Waals surface area contributed by atoms with Crippen LogP contribution in [0.4, 0.5) is 0 Å². The fourth-order valence-electron chi connectivity index (χ4n) is 1.66. The van der Waals surface area contributed by atoms with Crippen molar-refractivity contribution in [3.63, 3.8) is 0 Å². The van der Waals surface area contributed by atoms with Crippen molar-refractivity contribution in [1.82, 2.24) is 34.0 Å². The van der Waals surface area contributed by atoms with E-state index in [9.17, 15) is 0 Å². The van der Waals surface area contributed by atoms with Crippen LogP contribution in [0.3, 0.4) is 0 Å². The zero-order valence-corrected chi connectivity index (χ0v) is 9.59. The summed E-state index contributed by atoms with van der Waals surface area (Å²) in [6.45, 7) is 1.10. The van der Waals surface area contributed by atoms with Crippen LogP contribution in [0, 0.1) is 0 Å². The molecule has 8 heteroatoms. The third-order valence-electron chi connectivity index (χ3n) is 2.60. The molecule has 8 nitrogen and oxygen atoms in total. The first-order valence-electron chi connectivity index (χ1n) is 5.42. The summed E-state index contributed by atoms with van der Waals surface area (Å²) in [5.74, 6) is 7.33. The van der Waals surface area contributed by atoms with Gasteiger partial charge in [-0.3, -0.25) is 0 Å². The molecule has 0 aliphatic heterocycles. The second-order valence-electron chi connectivity index (χ2n) is 3.87. The average Bonchev–Trinajstić information content (AvgIpc) is 3.08. The van der Waals surface area contributed by atoms with E-state index in [-0.39, 0.29) is 0 Å². The molecule has 0 bridgehead atoms. The highest BCUT2D eigenvalue weighted by Gasteiger charge is 2.10. The first-order chi connectivity index (χ1) is 8.83. The van der Waals surface area contributed by atoms with Crippen molar-refractivity contribution in [3.8, 4) is 0 Å². The molecule has 3 aromatic heterocycles. The van der Waals surface area contributed by atoms with E-state index in [2.05, 4.69) is 20.2 Å². The topological polar surface area (TPSA) is 92.4 Å². The molecular formula is C10H12N8. The van der Waals surface area contributed by atoms with Gasteiger partial charge >= 0.3 is 0 Å². The monoisotopic (exact) mass is 244 g/mol. The van der Waals surface area contributed by atoms with E-state index in [1.165, 1.54) is 4.68 Å². The molecule has 0 atom stereocenters. The zero-order valence-electron chi connectivity index (χ0n) is 9.59. The van der Waals surface area contributed by atoms with Gasteiger partial charge in [0.2, 0.25) is 0 Å². The maximum absolute atomic E-state index is 5.96. The highest BCUT2D eigenvalue weighted by atomic mass is 15.4. The van der Waals surface area contributed by atoms with Gasteiger partial charge in [-0.1, -0.05) is 0 Å². The lowest BCUT2D eigenvalue weighted by molar-refractivity contribution is 0.680. The Morgan fingerprint density at radius 1 is 0.889 bits per heavy atom. The van der Waals surface area contributed by atoms with Crippen LogP contribution in [0.15, 0.2) is 37.4 Å². The van der Waals surface area contributed by atoms with Crippen LogP contribution < -0.4 is 5.84 Å². The molecule has 3 heterocycles. The summed E-state index contributed by atoms with van der Waals surface area (Å²) in [5, 5.41) is 8.15. The van der Waals surface area contributed by atoms with Crippen LogP contribution in [0.1, 0.15) is 11.6 Å². The number of rotatable bonds is 4. The van der Waals surface area contributed by atoms with Gasteiger partial charge in [-0.2, -0.15) is 0 Å². The third kappa shape index (κ3) is 1.95. The number of hydrogen-bond donors (Lipinski definition) is 1. The maximum atomic E-state index is 5.96. The van der Waals surface area contributed by atoms with Crippen molar-refractivity contribution in [2.24, 2.45) is 0 Å². The molecule has 0 fully saturated rings. The summed E-state index contributed by atoms with van der Waals surface area (Å²) in [6, 6.07) is 0. The Hall–Kier alpha value is -2.64. The summed E-state index contributed by atoms with van der Waals surface area (Å²) in [7, 11) is 0. The molecule has 0 unspecified atom stereocenters. The molecule has 0 aromatic carbocycles. The Bertz CT molecular complexity index is 553. The van der Waals surface area contributed by atoms with Crippen molar-refractivity contribution in [2.75, 3.05) is 5.84 Å². The van der Waals surface area contributed by atoms with E-state index >= 15 is 0 Å². The van der Waals surface area contributed by atoms with Crippen LogP contribution in [0.25, 0.3) is 0 Å². The first kappa shape index (κ1) is 10.5. The highest BCUT2D eigenvalue weighted by molar-refractivity contribution is 4.98. The number of hydrogen-bond acceptors (Lipinski definition) is 5. The van der Waals surface area contributed by atoms with Crippen LogP contribution in [-0.2, 0) is 13.1 Å². The molecule has 3 aromatic rings. The molecule has 92 valence electrons. The summed E-state index contributed by atoms with van der Waals surface area (Å²) >= 11 is 0. The minimum atomic E-state index is 0.549. The molecule has 2 N–H and O–H groups in total. The second-order valence-corrected chi connectivity index (χ2v) is 3.87. The van der Waals surface area contributed by atoms with Gasteiger partial charge in [0.15, 0.2) is 11.6 Å². The molecule has 0 saturated carbocycles. The highest BCUT2D eigenvalue weighted by Crippen LogP contribution is 2.02. The lowest BCUT2D eigenvalue weighted by Gasteiger charge is -2.04. The minimum absolute atomic E-state index is 0.549. The van der Waals surface area contributed by atoms with Gasteiger partial charge < -0.3 is 15.0 Å². The van der Waals surface area contributed by atoms with E-state index in [1.54, 1.807) is 25.0 Å². The van der Waals surface area contributed by atoms with Gasteiger partial charge in [0.05, 0.1) is 25.7 Å². The minimum Gasteiger partial charge on any atom is -0.336 e. The van der Waals surface area contributed by atoms with Crippen LogP contribution in [0.2, 0.25) is 0 Å². The summed E-state index contributed by atoms with van der Waals surface area (Å²) in [4.78, 5) is 7.94. The Labute approximate surface area is 103 Å². The van der Waals surface area contributed by atoms with E-state index in [0.29, 0.717) is 24.7 Å². The van der Waals surface area contributed by atoms with Crippen LogP contribution >= 0.6 is 0 Å². The molecule has 0 amide bonds. The van der Waals surface area contributed by atoms with Crippen molar-refractivity contribution in [1.29, 1.82) is 0 Å². The van der Waals surface area contributed by atoms with Crippen molar-refractivity contribution >= 4 is 0 Å². The van der Waals surface area contributed by atoms with E-state index in [4.69, 9.17) is 5.84 Å². The van der Waals surface area contributed by atoms with Crippen LogP contribution in [0.5, 0.6) is 0 Å². The number of imidazole rings is 2. The van der Waals surface area contributed by atoms with E-state index in [1.807, 2.05) is 21.5 Å². The van der Waals surface area contributed by atoms with Crippen LogP contribution in [-0.4, -0.2) is 34.0 Å². The third-order valence-corrected chi connectivity index (χ3v) is 2.60. The predicted octanol–water partition coefficient (Wildman–Crippen LogP) is -0.519. The van der Waals surface area contributed by atoms with Crippen molar-refractivity contribution in [3.05, 3.63) is 49.1 Å². The summed E-state index contributed by atoms with van der Waals surface area (Å²) in [5.41, 5.74) is 0. The fourth-order valence-corrected chi connectivity index (χ4v) is 1.66. The normalized spacial score (nSPS) is 10.9. The first-order valence-corrected chi connectivity index (χ1v) is 5.42. The van der Waals surface area contributed by atoms with Crippen molar-refractivity contribution in [2.45, 2.75) is 13.1 Å². The van der Waals surface area contributed by atoms with E-state index in [0.717, 1.165) is 0 Å². The lowest BCUT2D eigenvalue weighted by atomic mass is 10.5. The average molecular weight is 244 g/mol. The predicted molar refractivity (Wildman–Crippen MR) is 62.8 cm³/mol. The Morgan fingerprint density at radius 2 is 1.39 bits per heavy atom. The fraction of sp³-hybridized carbons (Fsp3) is 0.200. The quantitative estimate of drug-likeness (QED) is 0.623. The zero-order chi connectivity index (χ0) is 12.4. The Morgan fingerprint density at radius 3 is 1.78 bits per heavy atom. The number of nitrogen functional groups attached to an aromatic ring is 1. The standard InChI is InChI=1S/C10H12N8/c11-18-9(5-16-3-1-12-7-16)14-15-10(18)6-17-4-2-13-8-17/h1-4,7-8H,5-6,11H2. The van der Waals surface area contributed by atoms with Gasteiger partial charge in [-0.05, 0) is 0 Å². The molecule has 0 saturated heterocycles. The molecule has 0 aliphatic rings. The second kappa shape index (κ2) is 4.32. The summed E-state index contributed by atoms with van der Waals surface area (Å²) < 4.78 is 5.27. The van der Waals surface area contributed by atoms with Gasteiger partial charge in [-0.15, -0.1) is 10.2 Å². The van der Waals surface area contributed by atoms with Gasteiger partial charge in [-0.25, -0.2) is 14.6 Å². The van der Waals surface area contributed by atoms with Gasteiger partial charge in [0, 0.05) is 24.8 Å². The van der Waals surface area contributed by atoms with Crippen molar-refractivity contribution < 1.29 is 0 Å². The number of nitrogens with two attached hydrogens (primary N) is 1. The Kier molecular flexibility index (Phi) is 2.52. The molecule has 3 rings (SSSR count).